The molecule has 0 fully saturated rings. The monoisotopic (exact) mass is 234 g/mol. The summed E-state index contributed by atoms with van der Waals surface area (Å²) in [6, 6.07) is 0. The van der Waals surface area contributed by atoms with Gasteiger partial charge < -0.3 is 15.7 Å². The highest BCUT2D eigenvalue weighted by Crippen LogP contribution is 2.07. The number of carbonyl (C=O) groups excluding carboxylic acids is 2. The van der Waals surface area contributed by atoms with Gasteiger partial charge in [0.1, 0.15) is 6.54 Å². The normalized spacial score (nSPS) is 11.6. The quantitative estimate of drug-likeness (QED) is 0.533. The third kappa shape index (κ3) is 7.80. The van der Waals surface area contributed by atoms with Gasteiger partial charge in [0.05, 0.1) is 11.1 Å². The Kier molecular flexibility index (Phi) is 6.52. The molecule has 0 aromatic carbocycles. The predicted molar refractivity (Wildman–Crippen MR) is 56.4 cm³/mol. The SMILES string of the molecule is CC(=O)NCSC(C)C(=O)NCC(=O)O. The number of rotatable bonds is 6. The standard InChI is InChI=1S/C8H14N2O4S/c1-5(15-4-10-6(2)11)8(14)9-3-7(12)13/h5H,3-4H2,1-2H3,(H,9,14)(H,10,11)(H,12,13). The molecule has 6 nitrogen and oxygen atoms in total. The molecule has 3 N–H and O–H groups in total. The van der Waals surface area contributed by atoms with Crippen LogP contribution < -0.4 is 10.6 Å². The first kappa shape index (κ1) is 13.8. The van der Waals surface area contributed by atoms with Crippen molar-refractivity contribution in [3.63, 3.8) is 0 Å². The molecule has 0 spiro atoms. The number of aliphatic carboxylic acids is 1. The number of nitrogens with one attached hydrogen (secondary N) is 2. The first-order valence-corrected chi connectivity index (χ1v) is 5.34. The summed E-state index contributed by atoms with van der Waals surface area (Å²) < 4.78 is 0. The molecule has 7 heteroatoms. The Morgan fingerprint density at radius 3 is 2.40 bits per heavy atom. The maximum atomic E-state index is 11.2. The Labute approximate surface area is 91.8 Å². The summed E-state index contributed by atoms with van der Waals surface area (Å²) in [6.45, 7) is 2.64. The summed E-state index contributed by atoms with van der Waals surface area (Å²) in [5.74, 6) is -1.27. The average molecular weight is 234 g/mol. The summed E-state index contributed by atoms with van der Waals surface area (Å²) >= 11 is 1.23. The van der Waals surface area contributed by atoms with E-state index in [2.05, 4.69) is 10.6 Å². The van der Waals surface area contributed by atoms with Crippen molar-refractivity contribution in [1.29, 1.82) is 0 Å². The third-order valence-electron chi connectivity index (χ3n) is 1.44. The van der Waals surface area contributed by atoms with Gasteiger partial charge in [-0.1, -0.05) is 0 Å². The predicted octanol–water partition coefficient (Wildman–Crippen LogP) is -0.597. The second-order valence-electron chi connectivity index (χ2n) is 2.80. The number of carboxylic acid groups (broad SMARTS) is 1. The molecule has 0 saturated heterocycles. The van der Waals surface area contributed by atoms with Gasteiger partial charge in [-0.15, -0.1) is 11.8 Å². The van der Waals surface area contributed by atoms with Crippen LogP contribution in [0.3, 0.4) is 0 Å². The minimum atomic E-state index is -1.08. The van der Waals surface area contributed by atoms with Gasteiger partial charge in [-0.25, -0.2) is 0 Å². The highest BCUT2D eigenvalue weighted by molar-refractivity contribution is 8.00. The lowest BCUT2D eigenvalue weighted by Gasteiger charge is -2.10. The maximum Gasteiger partial charge on any atom is 0.322 e. The summed E-state index contributed by atoms with van der Waals surface area (Å²) in [6.07, 6.45) is 0. The van der Waals surface area contributed by atoms with Crippen LogP contribution in [0.2, 0.25) is 0 Å². The van der Waals surface area contributed by atoms with E-state index in [0.29, 0.717) is 5.88 Å². The largest absolute Gasteiger partial charge is 0.480 e. The molecule has 0 aromatic rings. The molecular formula is C8H14N2O4S. The summed E-state index contributed by atoms with van der Waals surface area (Å²) in [7, 11) is 0. The van der Waals surface area contributed by atoms with Gasteiger partial charge in [-0.05, 0) is 6.92 Å². The number of amides is 2. The maximum absolute atomic E-state index is 11.2. The summed E-state index contributed by atoms with van der Waals surface area (Å²) in [4.78, 5) is 31.9. The Bertz CT molecular complexity index is 257. The van der Waals surface area contributed by atoms with Crippen LogP contribution in [0.25, 0.3) is 0 Å². The highest BCUT2D eigenvalue weighted by atomic mass is 32.2. The molecule has 86 valence electrons. The van der Waals surface area contributed by atoms with Crippen LogP contribution >= 0.6 is 11.8 Å². The van der Waals surface area contributed by atoms with E-state index in [1.807, 2.05) is 0 Å². The topological polar surface area (TPSA) is 95.5 Å². The van der Waals surface area contributed by atoms with E-state index in [-0.39, 0.29) is 18.4 Å². The molecule has 0 heterocycles. The van der Waals surface area contributed by atoms with Gasteiger partial charge in [-0.3, -0.25) is 14.4 Å². The number of carboxylic acids is 1. The zero-order chi connectivity index (χ0) is 11.8. The molecule has 0 aromatic heterocycles. The molecule has 0 saturated carbocycles. The van der Waals surface area contributed by atoms with Crippen LogP contribution in [0.5, 0.6) is 0 Å². The Morgan fingerprint density at radius 2 is 1.93 bits per heavy atom. The summed E-state index contributed by atoms with van der Waals surface area (Å²) in [5.41, 5.74) is 0. The van der Waals surface area contributed by atoms with E-state index in [9.17, 15) is 14.4 Å². The molecule has 0 radical (unpaired) electrons. The second kappa shape index (κ2) is 7.10. The molecule has 0 aliphatic heterocycles. The molecule has 1 unspecified atom stereocenters. The fraction of sp³-hybridized carbons (Fsp3) is 0.625. The van der Waals surface area contributed by atoms with Gasteiger partial charge in [0.15, 0.2) is 0 Å². The first-order valence-electron chi connectivity index (χ1n) is 4.29. The minimum absolute atomic E-state index is 0.166. The van der Waals surface area contributed by atoms with Crippen LogP contribution in [-0.2, 0) is 14.4 Å². The van der Waals surface area contributed by atoms with Crippen molar-refractivity contribution in [2.75, 3.05) is 12.4 Å². The van der Waals surface area contributed by atoms with Crippen LogP contribution in [0.4, 0.5) is 0 Å². The van der Waals surface area contributed by atoms with Gasteiger partial charge in [0, 0.05) is 6.92 Å². The van der Waals surface area contributed by atoms with Gasteiger partial charge in [-0.2, -0.15) is 0 Å². The molecule has 0 rings (SSSR count). The lowest BCUT2D eigenvalue weighted by atomic mass is 10.4. The van der Waals surface area contributed by atoms with Crippen molar-refractivity contribution < 1.29 is 19.5 Å². The Balaban J connectivity index is 3.69. The number of thioether (sulfide) groups is 1. The fourth-order valence-electron chi connectivity index (χ4n) is 0.650. The molecule has 0 aliphatic rings. The molecule has 1 atom stereocenters. The third-order valence-corrected chi connectivity index (χ3v) is 2.46. The van der Waals surface area contributed by atoms with Crippen LogP contribution in [0.1, 0.15) is 13.8 Å². The van der Waals surface area contributed by atoms with Crippen molar-refractivity contribution in [3.05, 3.63) is 0 Å². The van der Waals surface area contributed by atoms with Crippen molar-refractivity contribution in [2.24, 2.45) is 0 Å². The number of hydrogen-bond acceptors (Lipinski definition) is 4. The van der Waals surface area contributed by atoms with Crippen molar-refractivity contribution >= 4 is 29.5 Å². The van der Waals surface area contributed by atoms with E-state index >= 15 is 0 Å². The molecule has 0 bridgehead atoms. The van der Waals surface area contributed by atoms with E-state index in [1.165, 1.54) is 18.7 Å². The van der Waals surface area contributed by atoms with Crippen LogP contribution in [0.15, 0.2) is 0 Å². The van der Waals surface area contributed by atoms with E-state index < -0.39 is 11.2 Å². The lowest BCUT2D eigenvalue weighted by Crippen LogP contribution is -2.35. The van der Waals surface area contributed by atoms with Crippen molar-refractivity contribution in [2.45, 2.75) is 19.1 Å². The van der Waals surface area contributed by atoms with E-state index in [0.717, 1.165) is 0 Å². The minimum Gasteiger partial charge on any atom is -0.480 e. The second-order valence-corrected chi connectivity index (χ2v) is 4.13. The molecule has 2 amide bonds. The van der Waals surface area contributed by atoms with Crippen molar-refractivity contribution in [1.82, 2.24) is 10.6 Å². The van der Waals surface area contributed by atoms with Crippen LogP contribution in [0, 0.1) is 0 Å². The lowest BCUT2D eigenvalue weighted by molar-refractivity contribution is -0.137. The Hall–Kier alpha value is -1.24. The first-order chi connectivity index (χ1) is 6.93. The van der Waals surface area contributed by atoms with E-state index in [4.69, 9.17) is 5.11 Å². The zero-order valence-corrected chi connectivity index (χ0v) is 9.39. The fourth-order valence-corrected chi connectivity index (χ4v) is 1.42. The van der Waals surface area contributed by atoms with Crippen molar-refractivity contribution in [3.8, 4) is 0 Å². The average Bonchev–Trinajstić information content (AvgIpc) is 2.13. The molecule has 0 aliphatic carbocycles. The number of hydrogen-bond donors (Lipinski definition) is 3. The van der Waals surface area contributed by atoms with Gasteiger partial charge in [0.2, 0.25) is 11.8 Å². The van der Waals surface area contributed by atoms with Gasteiger partial charge >= 0.3 is 5.97 Å². The smallest absolute Gasteiger partial charge is 0.322 e. The van der Waals surface area contributed by atoms with Gasteiger partial charge in [0.25, 0.3) is 0 Å². The Morgan fingerprint density at radius 1 is 1.33 bits per heavy atom. The van der Waals surface area contributed by atoms with Crippen LogP contribution in [-0.4, -0.2) is 40.6 Å². The highest BCUT2D eigenvalue weighted by Gasteiger charge is 2.13. The molecular weight excluding hydrogens is 220 g/mol. The number of carbonyl (C=O) groups is 3. The summed E-state index contributed by atoms with van der Waals surface area (Å²) in [5, 5.41) is 12.7. The molecule has 15 heavy (non-hydrogen) atoms. The van der Waals surface area contributed by atoms with E-state index in [1.54, 1.807) is 6.92 Å². The zero-order valence-electron chi connectivity index (χ0n) is 8.57.